The average Bonchev–Trinajstić information content (AvgIpc) is 2.83. The molecule has 12 heteroatoms. The number of carbonyl (C=O) groups excluding carboxylic acids is 2. The third-order valence-corrected chi connectivity index (χ3v) is 3.35. The zero-order valence-corrected chi connectivity index (χ0v) is 19.4. The van der Waals surface area contributed by atoms with E-state index in [1.807, 2.05) is 13.6 Å². The molecule has 0 aliphatic carbocycles. The van der Waals surface area contributed by atoms with Gasteiger partial charge in [0.1, 0.15) is 13.6 Å². The van der Waals surface area contributed by atoms with Gasteiger partial charge in [-0.1, -0.05) is 71.8 Å². The van der Waals surface area contributed by atoms with Crippen LogP contribution >= 0.6 is 0 Å². The molecule has 0 fully saturated rings. The van der Waals surface area contributed by atoms with E-state index >= 15 is 0 Å². The topological polar surface area (TPSA) is 215 Å². The van der Waals surface area contributed by atoms with Crippen molar-refractivity contribution in [2.45, 2.75) is 0 Å². The molecule has 0 saturated heterocycles. The molecule has 0 amide bonds. The Labute approximate surface area is 212 Å². The van der Waals surface area contributed by atoms with Crippen LogP contribution in [-0.4, -0.2) is 46.8 Å². The molecule has 0 saturated carbocycles. The normalized spacial score (nSPS) is 8.11. The molecule has 0 bridgehead atoms. The molecule has 0 aliphatic rings. The van der Waals surface area contributed by atoms with Crippen LogP contribution in [0.1, 0.15) is 31.1 Å². The number of rotatable bonds is 3. The summed E-state index contributed by atoms with van der Waals surface area (Å²) in [6.07, 6.45) is 0. The fraction of sp³-hybridized carbons (Fsp3) is 0. The Balaban J connectivity index is -0.000000403. The van der Waals surface area contributed by atoms with Gasteiger partial charge in [0.2, 0.25) is 0 Å². The van der Waals surface area contributed by atoms with Gasteiger partial charge in [-0.15, -0.1) is 0 Å². The molecule has 186 valence electrons. The van der Waals surface area contributed by atoms with E-state index in [2.05, 4.69) is 0 Å². The SMILES string of the molecule is C=O.C=O.O=C(O)c1ccccc1[O-].O=C(O)c1ccccc1[O-].O=C(O)c1ccccc1[O-].[Rh+3]. The second-order valence-electron chi connectivity index (χ2n) is 5.40. The van der Waals surface area contributed by atoms with E-state index in [0.717, 1.165) is 0 Å². The van der Waals surface area contributed by atoms with Crippen LogP contribution < -0.4 is 15.3 Å². The van der Waals surface area contributed by atoms with Crippen LogP contribution in [0.15, 0.2) is 72.8 Å². The molecule has 0 aromatic heterocycles. The van der Waals surface area contributed by atoms with Gasteiger partial charge in [-0.05, 0) is 18.2 Å². The van der Waals surface area contributed by atoms with Crippen LogP contribution in [0.25, 0.3) is 0 Å². The van der Waals surface area contributed by atoms with Crippen molar-refractivity contribution in [1.82, 2.24) is 0 Å². The summed E-state index contributed by atoms with van der Waals surface area (Å²) in [6.45, 7) is 4.00. The second kappa shape index (κ2) is 20.1. The van der Waals surface area contributed by atoms with Gasteiger partial charge in [0.25, 0.3) is 0 Å². The van der Waals surface area contributed by atoms with Gasteiger partial charge in [-0.2, -0.15) is 0 Å². The summed E-state index contributed by atoms with van der Waals surface area (Å²) in [6, 6.07) is 16.6. The predicted molar refractivity (Wildman–Crippen MR) is 113 cm³/mol. The second-order valence-corrected chi connectivity index (χ2v) is 5.40. The summed E-state index contributed by atoms with van der Waals surface area (Å²) in [5.74, 6) is -4.87. The number of hydrogen-bond donors (Lipinski definition) is 3. The summed E-state index contributed by atoms with van der Waals surface area (Å²) in [5, 5.41) is 57.1. The third kappa shape index (κ3) is 13.5. The smallest absolute Gasteiger partial charge is 0.872 e. The van der Waals surface area contributed by atoms with E-state index in [4.69, 9.17) is 24.9 Å². The molecular formula is C23H19O11Rh. The number of carbonyl (C=O) groups is 5. The van der Waals surface area contributed by atoms with Gasteiger partial charge in [0.15, 0.2) is 0 Å². The molecule has 3 aromatic rings. The van der Waals surface area contributed by atoms with E-state index in [-0.39, 0.29) is 36.2 Å². The Morgan fingerprint density at radius 3 is 0.771 bits per heavy atom. The molecule has 3 N–H and O–H groups in total. The summed E-state index contributed by atoms with van der Waals surface area (Å²) in [7, 11) is 0. The Bertz CT molecular complexity index is 937. The summed E-state index contributed by atoms with van der Waals surface area (Å²) in [4.78, 5) is 46.7. The van der Waals surface area contributed by atoms with Crippen molar-refractivity contribution in [2.75, 3.05) is 0 Å². The fourth-order valence-corrected chi connectivity index (χ4v) is 1.93. The van der Waals surface area contributed by atoms with E-state index in [1.54, 1.807) is 0 Å². The molecule has 11 nitrogen and oxygen atoms in total. The van der Waals surface area contributed by atoms with E-state index in [1.165, 1.54) is 72.8 Å². The Morgan fingerprint density at radius 1 is 0.486 bits per heavy atom. The summed E-state index contributed by atoms with van der Waals surface area (Å²) < 4.78 is 0. The zero-order valence-electron chi connectivity index (χ0n) is 17.8. The van der Waals surface area contributed by atoms with Crippen molar-refractivity contribution in [1.29, 1.82) is 0 Å². The molecular weight excluding hydrogens is 555 g/mol. The summed E-state index contributed by atoms with van der Waals surface area (Å²) >= 11 is 0. The minimum absolute atomic E-state index is 0. The maximum atomic E-state index is 10.7. The maximum absolute atomic E-state index is 10.7. The largest absolute Gasteiger partial charge is 3.00 e. The molecule has 0 heterocycles. The van der Waals surface area contributed by atoms with E-state index in [9.17, 15) is 29.7 Å². The van der Waals surface area contributed by atoms with Crippen molar-refractivity contribution in [3.63, 3.8) is 0 Å². The number of carboxylic acid groups (broad SMARTS) is 3. The maximum Gasteiger partial charge on any atom is 3.00 e. The van der Waals surface area contributed by atoms with Gasteiger partial charge in [0, 0.05) is 0 Å². The Morgan fingerprint density at radius 2 is 0.657 bits per heavy atom. The minimum Gasteiger partial charge on any atom is -0.872 e. The molecule has 0 aliphatic heterocycles. The predicted octanol–water partition coefficient (Wildman–Crippen LogP) is 1.00. The van der Waals surface area contributed by atoms with Gasteiger partial charge >= 0.3 is 37.4 Å². The monoisotopic (exact) mass is 574 g/mol. The molecule has 3 aromatic carbocycles. The van der Waals surface area contributed by atoms with Crippen molar-refractivity contribution in [3.05, 3.63) is 89.5 Å². The Hall–Kier alpha value is -4.57. The number of para-hydroxylation sites is 3. The van der Waals surface area contributed by atoms with Crippen molar-refractivity contribution < 1.29 is 74.1 Å². The number of benzene rings is 3. The quantitative estimate of drug-likeness (QED) is 0.375. The fourth-order valence-electron chi connectivity index (χ4n) is 1.93. The van der Waals surface area contributed by atoms with Crippen molar-refractivity contribution >= 4 is 31.5 Å². The third-order valence-electron chi connectivity index (χ3n) is 3.35. The molecule has 0 atom stereocenters. The van der Waals surface area contributed by atoms with Crippen LogP contribution in [0, 0.1) is 0 Å². The van der Waals surface area contributed by atoms with Crippen LogP contribution in [0.2, 0.25) is 0 Å². The number of carboxylic acids is 3. The van der Waals surface area contributed by atoms with Crippen LogP contribution in [0.4, 0.5) is 0 Å². The van der Waals surface area contributed by atoms with Gasteiger partial charge in [0.05, 0.1) is 16.7 Å². The number of aromatic carboxylic acids is 3. The summed E-state index contributed by atoms with van der Waals surface area (Å²) in [5.41, 5.74) is -0.535. The molecule has 0 unspecified atom stereocenters. The zero-order chi connectivity index (χ0) is 26.7. The molecule has 35 heavy (non-hydrogen) atoms. The first-order chi connectivity index (χ1) is 16.1. The standard InChI is InChI=1S/3C7H6O3.2CH2O.Rh/c3*8-6-4-2-1-3-5(6)7(9)10;2*1-2;/h3*1-4,8H,(H,9,10);2*1H2;/q;;;;;+3/p-3. The first kappa shape index (κ1) is 35.0. The van der Waals surface area contributed by atoms with Crippen LogP contribution in [0.3, 0.4) is 0 Å². The number of hydrogen-bond acceptors (Lipinski definition) is 8. The van der Waals surface area contributed by atoms with Crippen molar-refractivity contribution in [2.24, 2.45) is 0 Å². The Kier molecular flexibility index (Phi) is 20.1. The van der Waals surface area contributed by atoms with Crippen LogP contribution in [-0.2, 0) is 29.1 Å². The van der Waals surface area contributed by atoms with E-state index in [0.29, 0.717) is 0 Å². The first-order valence-electron chi connectivity index (χ1n) is 8.70. The molecule has 3 rings (SSSR count). The van der Waals surface area contributed by atoms with Crippen LogP contribution in [0.5, 0.6) is 17.2 Å². The molecule has 0 radical (unpaired) electrons. The van der Waals surface area contributed by atoms with Gasteiger partial charge in [-0.3, -0.25) is 0 Å². The first-order valence-corrected chi connectivity index (χ1v) is 8.70. The average molecular weight is 574 g/mol. The van der Waals surface area contributed by atoms with Gasteiger partial charge < -0.3 is 40.2 Å². The van der Waals surface area contributed by atoms with Crippen molar-refractivity contribution in [3.8, 4) is 17.2 Å². The minimum atomic E-state index is -1.18. The van der Waals surface area contributed by atoms with E-state index < -0.39 is 35.2 Å². The molecule has 0 spiro atoms. The van der Waals surface area contributed by atoms with Gasteiger partial charge in [-0.25, -0.2) is 14.4 Å².